The van der Waals surface area contributed by atoms with E-state index in [4.69, 9.17) is 11.6 Å². The zero-order valence-electron chi connectivity index (χ0n) is 22.1. The lowest BCUT2D eigenvalue weighted by Crippen LogP contribution is -2.58. The summed E-state index contributed by atoms with van der Waals surface area (Å²) in [5.41, 5.74) is 3.84. The Morgan fingerprint density at radius 3 is 2.67 bits per heavy atom. The molecule has 0 spiro atoms. The van der Waals surface area contributed by atoms with Crippen molar-refractivity contribution in [2.45, 2.75) is 51.7 Å². The Kier molecular flexibility index (Phi) is 6.07. The molecule has 198 valence electrons. The number of amides is 1. The third-order valence-corrected chi connectivity index (χ3v) is 8.29. The number of nitriles is 1. The van der Waals surface area contributed by atoms with Crippen molar-refractivity contribution in [3.8, 4) is 17.2 Å². The van der Waals surface area contributed by atoms with Gasteiger partial charge in [0.2, 0.25) is 5.91 Å². The molecule has 1 aliphatic carbocycles. The van der Waals surface area contributed by atoms with Gasteiger partial charge in [0.1, 0.15) is 11.6 Å². The zero-order valence-corrected chi connectivity index (χ0v) is 22.8. The summed E-state index contributed by atoms with van der Waals surface area (Å²) >= 11 is 6.92. The van der Waals surface area contributed by atoms with Crippen LogP contribution in [0.5, 0.6) is 0 Å². The SMILES string of the molecule is C=CC(=O)N1C[C@H](C)N(c2c(C#N)cnc3c(F)c(-c4c(C)ccc5cnn(C6CC6)c45)c(Cl)cc23)C[C@H]1C. The topological polar surface area (TPSA) is 78.1 Å². The number of carbonyl (C=O) groups is 1. The molecule has 2 aromatic carbocycles. The van der Waals surface area contributed by atoms with Gasteiger partial charge in [-0.3, -0.25) is 14.5 Å². The monoisotopic (exact) mass is 542 g/mol. The fraction of sp³-hybridized carbons (Fsp3) is 0.333. The first-order chi connectivity index (χ1) is 18.7. The van der Waals surface area contributed by atoms with Crippen LogP contribution in [0.15, 0.2) is 43.2 Å². The molecule has 1 aliphatic heterocycles. The number of hydrogen-bond donors (Lipinski definition) is 0. The van der Waals surface area contributed by atoms with Gasteiger partial charge in [-0.05, 0) is 51.3 Å². The fourth-order valence-corrected chi connectivity index (χ4v) is 6.17. The van der Waals surface area contributed by atoms with E-state index >= 15 is 4.39 Å². The van der Waals surface area contributed by atoms with Gasteiger partial charge in [0, 0.05) is 53.3 Å². The molecule has 9 heteroatoms. The van der Waals surface area contributed by atoms with Crippen LogP contribution in [-0.4, -0.2) is 50.7 Å². The first-order valence-electron chi connectivity index (χ1n) is 13.1. The lowest BCUT2D eigenvalue weighted by molar-refractivity contribution is -0.128. The number of anilines is 1. The molecule has 2 atom stereocenters. The van der Waals surface area contributed by atoms with Crippen LogP contribution in [0, 0.1) is 24.1 Å². The van der Waals surface area contributed by atoms with E-state index < -0.39 is 5.82 Å². The molecular formula is C30H28ClFN6O. The summed E-state index contributed by atoms with van der Waals surface area (Å²) in [5.74, 6) is -0.661. The number of fused-ring (bicyclic) bond motifs is 2. The summed E-state index contributed by atoms with van der Waals surface area (Å²) in [6, 6.07) is 7.96. The first kappa shape index (κ1) is 25.3. The number of aromatic nitrogens is 3. The predicted octanol–water partition coefficient (Wildman–Crippen LogP) is 6.17. The van der Waals surface area contributed by atoms with E-state index in [1.807, 2.05) is 43.8 Å². The van der Waals surface area contributed by atoms with Crippen molar-refractivity contribution >= 4 is 45.0 Å². The summed E-state index contributed by atoms with van der Waals surface area (Å²) < 4.78 is 18.6. The molecule has 0 N–H and O–H groups in total. The molecule has 2 fully saturated rings. The Balaban J connectivity index is 1.56. The maximum Gasteiger partial charge on any atom is 0.246 e. The van der Waals surface area contributed by atoms with Crippen molar-refractivity contribution in [3.05, 3.63) is 65.2 Å². The smallest absolute Gasteiger partial charge is 0.246 e. The zero-order chi connectivity index (χ0) is 27.6. The number of aryl methyl sites for hydroxylation is 1. The molecule has 2 aliphatic rings. The summed E-state index contributed by atoms with van der Waals surface area (Å²) in [7, 11) is 0. The fourth-order valence-electron chi connectivity index (χ4n) is 5.89. The molecule has 7 nitrogen and oxygen atoms in total. The minimum Gasteiger partial charge on any atom is -0.363 e. The van der Waals surface area contributed by atoms with Crippen molar-refractivity contribution in [3.63, 3.8) is 0 Å². The van der Waals surface area contributed by atoms with E-state index in [9.17, 15) is 10.1 Å². The third-order valence-electron chi connectivity index (χ3n) is 7.99. The average Bonchev–Trinajstić information content (AvgIpc) is 3.68. The molecule has 1 saturated heterocycles. The van der Waals surface area contributed by atoms with Crippen molar-refractivity contribution in [1.29, 1.82) is 5.26 Å². The van der Waals surface area contributed by atoms with Gasteiger partial charge in [0.15, 0.2) is 5.82 Å². The Bertz CT molecular complexity index is 1720. The highest BCUT2D eigenvalue weighted by Gasteiger charge is 2.34. The number of hydrogen-bond acceptors (Lipinski definition) is 5. The Labute approximate surface area is 231 Å². The van der Waals surface area contributed by atoms with E-state index in [1.165, 1.54) is 12.3 Å². The second-order valence-corrected chi connectivity index (χ2v) is 11.0. The lowest BCUT2D eigenvalue weighted by Gasteiger charge is -2.45. The largest absolute Gasteiger partial charge is 0.363 e. The number of benzene rings is 2. The summed E-state index contributed by atoms with van der Waals surface area (Å²) in [4.78, 5) is 20.6. The molecule has 39 heavy (non-hydrogen) atoms. The van der Waals surface area contributed by atoms with Gasteiger partial charge >= 0.3 is 0 Å². The van der Waals surface area contributed by atoms with Crippen LogP contribution >= 0.6 is 11.6 Å². The predicted molar refractivity (Wildman–Crippen MR) is 151 cm³/mol. The Morgan fingerprint density at radius 2 is 1.97 bits per heavy atom. The Morgan fingerprint density at radius 1 is 1.21 bits per heavy atom. The maximum atomic E-state index is 16.6. The minimum absolute atomic E-state index is 0.131. The molecule has 0 radical (unpaired) electrons. The summed E-state index contributed by atoms with van der Waals surface area (Å²) in [6.07, 6.45) is 6.65. The van der Waals surface area contributed by atoms with Gasteiger partial charge in [0.05, 0.1) is 34.0 Å². The average molecular weight is 543 g/mol. The molecular weight excluding hydrogens is 515 g/mol. The second-order valence-electron chi connectivity index (χ2n) is 10.6. The quantitative estimate of drug-likeness (QED) is 0.288. The number of rotatable bonds is 4. The van der Waals surface area contributed by atoms with Crippen molar-refractivity contribution in [1.82, 2.24) is 19.7 Å². The van der Waals surface area contributed by atoms with Crippen molar-refractivity contribution in [2.24, 2.45) is 0 Å². The molecule has 6 rings (SSSR count). The van der Waals surface area contributed by atoms with Crippen LogP contribution in [0.2, 0.25) is 5.02 Å². The standard InChI is InChI=1S/C30H28ClFN6O/c1-5-24(39)36-14-18(4)37(15-17(36)3)29-20(11-33)12-34-28-22(29)10-23(31)26(27(28)32)25-16(2)6-7-19-13-35-38(30(19)25)21-8-9-21/h5-7,10,12-13,17-18,21H,1,8-9,14-15H2,2-4H3/t17-,18+/m1/s1. The van der Waals surface area contributed by atoms with Crippen LogP contribution in [0.25, 0.3) is 32.9 Å². The molecule has 2 aromatic heterocycles. The first-order valence-corrected chi connectivity index (χ1v) is 13.5. The van der Waals surface area contributed by atoms with Crippen LogP contribution in [0.1, 0.15) is 43.9 Å². The van der Waals surface area contributed by atoms with Gasteiger partial charge in [-0.25, -0.2) is 4.39 Å². The minimum atomic E-state index is -0.524. The maximum absolute atomic E-state index is 16.6. The van der Waals surface area contributed by atoms with E-state index in [2.05, 4.69) is 27.6 Å². The third kappa shape index (κ3) is 3.95. The highest BCUT2D eigenvalue weighted by Crippen LogP contribution is 2.45. The van der Waals surface area contributed by atoms with Gasteiger partial charge < -0.3 is 9.80 Å². The van der Waals surface area contributed by atoms with Gasteiger partial charge in [0.25, 0.3) is 0 Å². The number of pyridine rings is 1. The number of halogens is 2. The van der Waals surface area contributed by atoms with Crippen molar-refractivity contribution in [2.75, 3.05) is 18.0 Å². The van der Waals surface area contributed by atoms with Crippen LogP contribution in [-0.2, 0) is 4.79 Å². The summed E-state index contributed by atoms with van der Waals surface area (Å²) in [5, 5.41) is 16.3. The Hall–Kier alpha value is -3.96. The molecule has 4 aromatic rings. The van der Waals surface area contributed by atoms with E-state index in [1.54, 1.807) is 11.0 Å². The van der Waals surface area contributed by atoms with E-state index in [0.29, 0.717) is 46.9 Å². The molecule has 3 heterocycles. The van der Waals surface area contributed by atoms with Gasteiger partial charge in [-0.15, -0.1) is 0 Å². The van der Waals surface area contributed by atoms with Gasteiger partial charge in [-0.1, -0.05) is 30.3 Å². The van der Waals surface area contributed by atoms with Crippen LogP contribution in [0.4, 0.5) is 10.1 Å². The molecule has 1 amide bonds. The van der Waals surface area contributed by atoms with Crippen LogP contribution in [0.3, 0.4) is 0 Å². The number of piperazine rings is 1. The van der Waals surface area contributed by atoms with Gasteiger partial charge in [-0.2, -0.15) is 10.4 Å². The highest BCUT2D eigenvalue weighted by molar-refractivity contribution is 6.35. The van der Waals surface area contributed by atoms with Crippen molar-refractivity contribution < 1.29 is 9.18 Å². The van der Waals surface area contributed by atoms with Crippen LogP contribution < -0.4 is 4.90 Å². The second kappa shape index (κ2) is 9.35. The lowest BCUT2D eigenvalue weighted by atomic mass is 9.94. The molecule has 0 bridgehead atoms. The van der Waals surface area contributed by atoms with E-state index in [0.717, 1.165) is 29.3 Å². The van der Waals surface area contributed by atoms with E-state index in [-0.39, 0.29) is 28.5 Å². The normalized spacial score (nSPS) is 19.5. The molecule has 0 unspecified atom stereocenters. The highest BCUT2D eigenvalue weighted by atomic mass is 35.5. The molecule has 1 saturated carbocycles. The number of nitrogens with zero attached hydrogens (tertiary/aromatic N) is 6. The summed E-state index contributed by atoms with van der Waals surface area (Å²) in [6.45, 7) is 10.4. The number of carbonyl (C=O) groups excluding carboxylic acids is 1.